The zero-order chi connectivity index (χ0) is 18.0. The van der Waals surface area contributed by atoms with Gasteiger partial charge >= 0.3 is 0 Å². The SMILES string of the molecule is COc1ccc(C)cc1S(=O)(=O)N1CCNC(=O)C1c1ccccc1. The molecule has 6 nitrogen and oxygen atoms in total. The normalized spacial score (nSPS) is 18.6. The van der Waals surface area contributed by atoms with Crippen molar-refractivity contribution < 1.29 is 17.9 Å². The van der Waals surface area contributed by atoms with Crippen LogP contribution in [-0.2, 0) is 14.8 Å². The lowest BCUT2D eigenvalue weighted by Gasteiger charge is -2.34. The molecule has 1 N–H and O–H groups in total. The predicted molar refractivity (Wildman–Crippen MR) is 93.8 cm³/mol. The fraction of sp³-hybridized carbons (Fsp3) is 0.278. The summed E-state index contributed by atoms with van der Waals surface area (Å²) in [4.78, 5) is 12.5. The fourth-order valence-electron chi connectivity index (χ4n) is 2.97. The number of ether oxygens (including phenoxy) is 1. The summed E-state index contributed by atoms with van der Waals surface area (Å²) in [5, 5.41) is 2.75. The van der Waals surface area contributed by atoms with Crippen LogP contribution in [0.4, 0.5) is 0 Å². The molecule has 2 aromatic carbocycles. The number of benzene rings is 2. The van der Waals surface area contributed by atoms with Gasteiger partial charge in [0.2, 0.25) is 15.9 Å². The van der Waals surface area contributed by atoms with Gasteiger partial charge in [0.05, 0.1) is 7.11 Å². The maximum Gasteiger partial charge on any atom is 0.247 e. The van der Waals surface area contributed by atoms with E-state index in [0.717, 1.165) is 5.56 Å². The second-order valence-corrected chi connectivity index (χ2v) is 7.73. The molecule has 132 valence electrons. The van der Waals surface area contributed by atoms with Gasteiger partial charge in [-0.25, -0.2) is 8.42 Å². The minimum absolute atomic E-state index is 0.0747. The van der Waals surface area contributed by atoms with Gasteiger partial charge in [-0.3, -0.25) is 4.79 Å². The van der Waals surface area contributed by atoms with Crippen LogP contribution < -0.4 is 10.1 Å². The van der Waals surface area contributed by atoms with Crippen molar-refractivity contribution >= 4 is 15.9 Å². The Labute approximate surface area is 147 Å². The minimum Gasteiger partial charge on any atom is -0.495 e. The van der Waals surface area contributed by atoms with Crippen molar-refractivity contribution in [1.29, 1.82) is 0 Å². The first-order chi connectivity index (χ1) is 11.9. The molecule has 1 heterocycles. The number of nitrogens with zero attached hydrogens (tertiary/aromatic N) is 1. The Morgan fingerprint density at radius 1 is 1.16 bits per heavy atom. The van der Waals surface area contributed by atoms with Gasteiger partial charge < -0.3 is 10.1 Å². The van der Waals surface area contributed by atoms with Gasteiger partial charge in [-0.15, -0.1) is 0 Å². The summed E-state index contributed by atoms with van der Waals surface area (Å²) >= 11 is 0. The molecule has 1 unspecified atom stereocenters. The summed E-state index contributed by atoms with van der Waals surface area (Å²) in [6.07, 6.45) is 0. The molecular formula is C18H20N2O4S. The van der Waals surface area contributed by atoms with Crippen LogP contribution in [0.3, 0.4) is 0 Å². The van der Waals surface area contributed by atoms with Crippen LogP contribution in [0.15, 0.2) is 53.4 Å². The number of hydrogen-bond donors (Lipinski definition) is 1. The molecule has 0 aromatic heterocycles. The zero-order valence-corrected chi connectivity index (χ0v) is 14.9. The third kappa shape index (κ3) is 3.25. The van der Waals surface area contributed by atoms with Crippen LogP contribution in [0, 0.1) is 6.92 Å². The summed E-state index contributed by atoms with van der Waals surface area (Å²) < 4.78 is 33.1. The number of sulfonamides is 1. The molecular weight excluding hydrogens is 340 g/mol. The average molecular weight is 360 g/mol. The molecule has 2 aromatic rings. The van der Waals surface area contributed by atoms with Crippen LogP contribution in [0.1, 0.15) is 17.2 Å². The molecule has 3 rings (SSSR count). The van der Waals surface area contributed by atoms with Gasteiger partial charge in [-0.1, -0.05) is 36.4 Å². The number of rotatable bonds is 4. The van der Waals surface area contributed by atoms with Gasteiger partial charge in [0.15, 0.2) is 0 Å². The number of aryl methyl sites for hydroxylation is 1. The number of carbonyl (C=O) groups is 1. The number of carbonyl (C=O) groups excluding carboxylic acids is 1. The largest absolute Gasteiger partial charge is 0.495 e. The molecule has 1 aliphatic rings. The van der Waals surface area contributed by atoms with Crippen LogP contribution in [-0.4, -0.2) is 38.8 Å². The molecule has 0 saturated carbocycles. The fourth-order valence-corrected chi connectivity index (χ4v) is 4.79. The highest BCUT2D eigenvalue weighted by Crippen LogP contribution is 2.34. The topological polar surface area (TPSA) is 75.7 Å². The van der Waals surface area contributed by atoms with E-state index in [1.165, 1.54) is 11.4 Å². The van der Waals surface area contributed by atoms with E-state index in [2.05, 4.69) is 5.32 Å². The van der Waals surface area contributed by atoms with Crippen LogP contribution in [0.5, 0.6) is 5.75 Å². The first-order valence-corrected chi connectivity index (χ1v) is 9.38. The lowest BCUT2D eigenvalue weighted by molar-refractivity contribution is -0.126. The average Bonchev–Trinajstić information content (AvgIpc) is 2.62. The van der Waals surface area contributed by atoms with Gasteiger partial charge in [0, 0.05) is 13.1 Å². The summed E-state index contributed by atoms with van der Waals surface area (Å²) in [5.74, 6) is -0.0592. The van der Waals surface area contributed by atoms with Crippen molar-refractivity contribution in [3.05, 3.63) is 59.7 Å². The third-order valence-electron chi connectivity index (χ3n) is 4.19. The number of hydrogen-bond acceptors (Lipinski definition) is 4. The van der Waals surface area contributed by atoms with E-state index < -0.39 is 16.1 Å². The first kappa shape index (κ1) is 17.4. The minimum atomic E-state index is -3.91. The predicted octanol–water partition coefficient (Wildman–Crippen LogP) is 1.87. The Morgan fingerprint density at radius 2 is 1.88 bits per heavy atom. The van der Waals surface area contributed by atoms with Crippen molar-refractivity contribution in [2.45, 2.75) is 17.9 Å². The monoisotopic (exact) mass is 360 g/mol. The van der Waals surface area contributed by atoms with Crippen LogP contribution in [0.2, 0.25) is 0 Å². The van der Waals surface area contributed by atoms with Gasteiger partial charge in [-0.2, -0.15) is 4.31 Å². The van der Waals surface area contributed by atoms with Crippen molar-refractivity contribution in [2.24, 2.45) is 0 Å². The van der Waals surface area contributed by atoms with E-state index in [9.17, 15) is 13.2 Å². The number of nitrogens with one attached hydrogen (secondary N) is 1. The quantitative estimate of drug-likeness (QED) is 0.903. The maximum absolute atomic E-state index is 13.3. The number of amides is 1. The summed E-state index contributed by atoms with van der Waals surface area (Å²) in [7, 11) is -2.48. The molecule has 1 amide bonds. The van der Waals surface area contributed by atoms with Crippen molar-refractivity contribution in [1.82, 2.24) is 9.62 Å². The lowest BCUT2D eigenvalue weighted by Crippen LogP contribution is -2.52. The molecule has 0 bridgehead atoms. The van der Waals surface area contributed by atoms with E-state index in [1.54, 1.807) is 42.5 Å². The van der Waals surface area contributed by atoms with E-state index in [4.69, 9.17) is 4.74 Å². The standard InChI is InChI=1S/C18H20N2O4S/c1-13-8-9-15(24-2)16(12-13)25(22,23)20-11-10-19-18(21)17(20)14-6-4-3-5-7-14/h3-9,12,17H,10-11H2,1-2H3,(H,19,21). The molecule has 0 radical (unpaired) electrons. The zero-order valence-electron chi connectivity index (χ0n) is 14.1. The molecule has 7 heteroatoms. The summed E-state index contributed by atoms with van der Waals surface area (Å²) in [6, 6.07) is 13.0. The second-order valence-electron chi connectivity index (χ2n) is 5.87. The Kier molecular flexibility index (Phi) is 4.78. The van der Waals surface area contributed by atoms with E-state index in [-0.39, 0.29) is 29.6 Å². The number of methoxy groups -OCH3 is 1. The summed E-state index contributed by atoms with van der Waals surface area (Å²) in [5.41, 5.74) is 1.44. The highest BCUT2D eigenvalue weighted by atomic mass is 32.2. The van der Waals surface area contributed by atoms with E-state index >= 15 is 0 Å². The van der Waals surface area contributed by atoms with E-state index in [1.807, 2.05) is 13.0 Å². The highest BCUT2D eigenvalue weighted by molar-refractivity contribution is 7.89. The highest BCUT2D eigenvalue weighted by Gasteiger charge is 2.40. The van der Waals surface area contributed by atoms with E-state index in [0.29, 0.717) is 5.56 Å². The Bertz CT molecular complexity index is 881. The second kappa shape index (κ2) is 6.85. The van der Waals surface area contributed by atoms with Gasteiger partial charge in [0.1, 0.15) is 16.7 Å². The van der Waals surface area contributed by atoms with Crippen LogP contribution in [0.25, 0.3) is 0 Å². The molecule has 1 fully saturated rings. The molecule has 0 spiro atoms. The van der Waals surface area contributed by atoms with Gasteiger partial charge in [-0.05, 0) is 30.2 Å². The number of piperazine rings is 1. The van der Waals surface area contributed by atoms with Gasteiger partial charge in [0.25, 0.3) is 0 Å². The smallest absolute Gasteiger partial charge is 0.247 e. The lowest BCUT2D eigenvalue weighted by atomic mass is 10.1. The summed E-state index contributed by atoms with van der Waals surface area (Å²) in [6.45, 7) is 2.29. The molecule has 1 saturated heterocycles. The molecule has 0 aliphatic carbocycles. The molecule has 25 heavy (non-hydrogen) atoms. The maximum atomic E-state index is 13.3. The Hall–Kier alpha value is -2.38. The molecule has 1 atom stereocenters. The van der Waals surface area contributed by atoms with Crippen molar-refractivity contribution in [2.75, 3.05) is 20.2 Å². The van der Waals surface area contributed by atoms with Crippen LogP contribution >= 0.6 is 0 Å². The first-order valence-electron chi connectivity index (χ1n) is 7.94. The Morgan fingerprint density at radius 3 is 2.56 bits per heavy atom. The van der Waals surface area contributed by atoms with Crippen molar-refractivity contribution in [3.8, 4) is 5.75 Å². The van der Waals surface area contributed by atoms with Crippen molar-refractivity contribution in [3.63, 3.8) is 0 Å². The Balaban J connectivity index is 2.11. The molecule has 1 aliphatic heterocycles. The third-order valence-corrected chi connectivity index (χ3v) is 6.07.